The number of nitro benzene ring substituents is 1. The molecule has 0 heterocycles. The molecule has 3 N–H and O–H groups in total. The zero-order valence-electron chi connectivity index (χ0n) is 10.9. The first-order valence-corrected chi connectivity index (χ1v) is 5.80. The van der Waals surface area contributed by atoms with Crippen LogP contribution >= 0.6 is 0 Å². The topological polar surface area (TPSA) is 122 Å². The number of carbonyl (C=O) groups excluding carboxylic acids is 1. The monoisotopic (exact) mass is 284 g/mol. The lowest BCUT2D eigenvalue weighted by atomic mass is 10.1. The Morgan fingerprint density at radius 2 is 2.10 bits per heavy atom. The maximum Gasteiger partial charge on any atom is 0.273 e. The predicted molar refractivity (Wildman–Crippen MR) is 69.3 cm³/mol. The van der Waals surface area contributed by atoms with Gasteiger partial charge in [-0.1, -0.05) is 6.07 Å². The highest BCUT2D eigenvalue weighted by Gasteiger charge is 2.24. The molecule has 0 saturated heterocycles. The van der Waals surface area contributed by atoms with E-state index in [-0.39, 0.29) is 18.0 Å². The van der Waals surface area contributed by atoms with Gasteiger partial charge in [0.25, 0.3) is 11.6 Å². The number of benzene rings is 1. The van der Waals surface area contributed by atoms with Crippen molar-refractivity contribution in [3.05, 3.63) is 34.4 Å². The fraction of sp³-hybridized carbons (Fsp3) is 0.417. The van der Waals surface area contributed by atoms with Crippen molar-refractivity contribution in [3.8, 4) is 5.75 Å². The van der Waals surface area contributed by atoms with E-state index in [2.05, 4.69) is 5.32 Å². The molecule has 0 radical (unpaired) electrons. The Hall–Kier alpha value is -2.19. The number of rotatable bonds is 7. The molecule has 1 aromatic rings. The Morgan fingerprint density at radius 1 is 1.45 bits per heavy atom. The molecule has 20 heavy (non-hydrogen) atoms. The summed E-state index contributed by atoms with van der Waals surface area (Å²) in [5, 5.41) is 31.0. The summed E-state index contributed by atoms with van der Waals surface area (Å²) in [5.41, 5.74) is -1.28. The van der Waals surface area contributed by atoms with E-state index in [1.807, 2.05) is 0 Å². The molecule has 1 rings (SSSR count). The fourth-order valence-electron chi connectivity index (χ4n) is 1.34. The highest BCUT2D eigenvalue weighted by molar-refractivity contribution is 5.78. The number of amides is 1. The van der Waals surface area contributed by atoms with Crippen LogP contribution in [0.15, 0.2) is 24.3 Å². The summed E-state index contributed by atoms with van der Waals surface area (Å²) >= 11 is 0. The van der Waals surface area contributed by atoms with Gasteiger partial charge in [0.1, 0.15) is 5.75 Å². The van der Waals surface area contributed by atoms with Crippen LogP contribution in [0.25, 0.3) is 0 Å². The second-order valence-electron chi connectivity index (χ2n) is 4.47. The van der Waals surface area contributed by atoms with Crippen molar-refractivity contribution in [2.75, 3.05) is 19.8 Å². The SMILES string of the molecule is CC(CO)(CO)NC(=O)COc1cccc([N+](=O)[O-])c1. The lowest BCUT2D eigenvalue weighted by Crippen LogP contribution is -2.53. The second-order valence-corrected chi connectivity index (χ2v) is 4.47. The molecule has 0 aliphatic carbocycles. The van der Waals surface area contributed by atoms with Gasteiger partial charge in [-0.25, -0.2) is 0 Å². The summed E-state index contributed by atoms with van der Waals surface area (Å²) in [4.78, 5) is 21.6. The number of nitro groups is 1. The molecule has 1 amide bonds. The molecule has 0 unspecified atom stereocenters. The van der Waals surface area contributed by atoms with Crippen LogP contribution in [-0.2, 0) is 4.79 Å². The summed E-state index contributed by atoms with van der Waals surface area (Å²) in [6.07, 6.45) is 0. The average molecular weight is 284 g/mol. The van der Waals surface area contributed by atoms with Crippen molar-refractivity contribution in [3.63, 3.8) is 0 Å². The summed E-state index contributed by atoms with van der Waals surface area (Å²) in [6, 6.07) is 5.43. The van der Waals surface area contributed by atoms with Crippen LogP contribution in [-0.4, -0.2) is 46.4 Å². The zero-order valence-corrected chi connectivity index (χ0v) is 10.9. The number of carbonyl (C=O) groups is 1. The number of aliphatic hydroxyl groups is 2. The quantitative estimate of drug-likeness (QED) is 0.472. The molecule has 8 heteroatoms. The second kappa shape index (κ2) is 6.83. The number of nitrogens with zero attached hydrogens (tertiary/aromatic N) is 1. The average Bonchev–Trinajstić information content (AvgIpc) is 2.45. The summed E-state index contributed by atoms with van der Waals surface area (Å²) in [6.45, 7) is 0.243. The highest BCUT2D eigenvalue weighted by Crippen LogP contribution is 2.18. The number of nitrogens with one attached hydrogen (secondary N) is 1. The van der Waals surface area contributed by atoms with Crippen molar-refractivity contribution in [1.82, 2.24) is 5.32 Å². The number of ether oxygens (including phenoxy) is 1. The van der Waals surface area contributed by atoms with E-state index in [0.29, 0.717) is 0 Å². The standard InChI is InChI=1S/C12H16N2O6/c1-12(7-15,8-16)13-11(17)6-20-10-4-2-3-9(5-10)14(18)19/h2-5,15-16H,6-8H2,1H3,(H,13,17). The lowest BCUT2D eigenvalue weighted by Gasteiger charge is -2.26. The number of aliphatic hydroxyl groups excluding tert-OH is 2. The van der Waals surface area contributed by atoms with E-state index < -0.39 is 29.6 Å². The molecule has 8 nitrogen and oxygen atoms in total. The van der Waals surface area contributed by atoms with Crippen LogP contribution in [0.5, 0.6) is 5.75 Å². The number of non-ortho nitro benzene ring substituents is 1. The highest BCUT2D eigenvalue weighted by atomic mass is 16.6. The van der Waals surface area contributed by atoms with E-state index in [1.54, 1.807) is 0 Å². The van der Waals surface area contributed by atoms with Crippen LogP contribution < -0.4 is 10.1 Å². The Balaban J connectivity index is 2.57. The summed E-state index contributed by atoms with van der Waals surface area (Å²) < 4.78 is 5.11. The smallest absolute Gasteiger partial charge is 0.273 e. The minimum absolute atomic E-state index is 0.140. The third kappa shape index (κ3) is 4.48. The first-order valence-electron chi connectivity index (χ1n) is 5.80. The van der Waals surface area contributed by atoms with Crippen molar-refractivity contribution < 1.29 is 24.7 Å². The first kappa shape index (κ1) is 15.9. The molecule has 0 bridgehead atoms. The van der Waals surface area contributed by atoms with Gasteiger partial charge in [0.05, 0.1) is 29.7 Å². The zero-order chi connectivity index (χ0) is 15.2. The third-order valence-corrected chi connectivity index (χ3v) is 2.54. The summed E-state index contributed by atoms with van der Waals surface area (Å²) in [7, 11) is 0. The largest absolute Gasteiger partial charge is 0.484 e. The van der Waals surface area contributed by atoms with Crippen molar-refractivity contribution >= 4 is 11.6 Å². The Kier molecular flexibility index (Phi) is 5.42. The van der Waals surface area contributed by atoms with E-state index >= 15 is 0 Å². The van der Waals surface area contributed by atoms with Gasteiger partial charge in [-0.15, -0.1) is 0 Å². The lowest BCUT2D eigenvalue weighted by molar-refractivity contribution is -0.384. The first-order chi connectivity index (χ1) is 9.40. The van der Waals surface area contributed by atoms with Gasteiger partial charge in [0, 0.05) is 6.07 Å². The van der Waals surface area contributed by atoms with Crippen molar-refractivity contribution in [2.24, 2.45) is 0 Å². The molecule has 0 aliphatic rings. The van der Waals surface area contributed by atoms with E-state index in [0.717, 1.165) is 0 Å². The van der Waals surface area contributed by atoms with E-state index in [1.165, 1.54) is 31.2 Å². The normalized spacial score (nSPS) is 10.9. The third-order valence-electron chi connectivity index (χ3n) is 2.54. The van der Waals surface area contributed by atoms with Crippen molar-refractivity contribution in [1.29, 1.82) is 0 Å². The van der Waals surface area contributed by atoms with Gasteiger partial charge >= 0.3 is 0 Å². The van der Waals surface area contributed by atoms with Gasteiger partial charge < -0.3 is 20.3 Å². The fourth-order valence-corrected chi connectivity index (χ4v) is 1.34. The molecular weight excluding hydrogens is 268 g/mol. The summed E-state index contributed by atoms with van der Waals surface area (Å²) in [5.74, 6) is -0.369. The van der Waals surface area contributed by atoms with Gasteiger partial charge in [-0.2, -0.15) is 0 Å². The van der Waals surface area contributed by atoms with Crippen LogP contribution in [0.1, 0.15) is 6.92 Å². The van der Waals surface area contributed by atoms with Gasteiger partial charge in [0.2, 0.25) is 0 Å². The van der Waals surface area contributed by atoms with Crippen LogP contribution in [0.2, 0.25) is 0 Å². The Morgan fingerprint density at radius 3 is 2.65 bits per heavy atom. The van der Waals surface area contributed by atoms with Gasteiger partial charge in [-0.3, -0.25) is 14.9 Å². The molecule has 0 spiro atoms. The Labute approximate surface area is 115 Å². The Bertz CT molecular complexity index is 487. The number of hydrogen-bond acceptors (Lipinski definition) is 6. The molecule has 110 valence electrons. The van der Waals surface area contributed by atoms with E-state index in [4.69, 9.17) is 14.9 Å². The molecular formula is C12H16N2O6. The minimum Gasteiger partial charge on any atom is -0.484 e. The molecule has 0 saturated carbocycles. The maximum absolute atomic E-state index is 11.6. The maximum atomic E-state index is 11.6. The molecule has 0 atom stereocenters. The predicted octanol–water partition coefficient (Wildman–Crippen LogP) is -0.167. The number of hydrogen-bond donors (Lipinski definition) is 3. The van der Waals surface area contributed by atoms with Crippen molar-refractivity contribution in [2.45, 2.75) is 12.5 Å². The minimum atomic E-state index is -1.14. The van der Waals surface area contributed by atoms with Gasteiger partial charge in [-0.05, 0) is 13.0 Å². The van der Waals surface area contributed by atoms with Crippen LogP contribution in [0, 0.1) is 10.1 Å². The van der Waals surface area contributed by atoms with Crippen LogP contribution in [0.3, 0.4) is 0 Å². The van der Waals surface area contributed by atoms with Crippen LogP contribution in [0.4, 0.5) is 5.69 Å². The molecule has 0 fully saturated rings. The van der Waals surface area contributed by atoms with Gasteiger partial charge in [0.15, 0.2) is 6.61 Å². The molecule has 0 aromatic heterocycles. The molecule has 1 aromatic carbocycles. The molecule has 0 aliphatic heterocycles. The van der Waals surface area contributed by atoms with E-state index in [9.17, 15) is 14.9 Å².